The number of aromatic amines is 1. The monoisotopic (exact) mass is 479 g/mol. The summed E-state index contributed by atoms with van der Waals surface area (Å²) in [6.45, 7) is 0.401. The van der Waals surface area contributed by atoms with E-state index in [9.17, 15) is 26.4 Å². The largest absolute Gasteiger partial charge is 0.416 e. The van der Waals surface area contributed by atoms with E-state index in [1.54, 1.807) is 0 Å². The van der Waals surface area contributed by atoms with E-state index in [1.807, 2.05) is 35.4 Å². The van der Waals surface area contributed by atoms with Crippen LogP contribution in [0.3, 0.4) is 0 Å². The molecule has 10 heteroatoms. The van der Waals surface area contributed by atoms with Crippen LogP contribution in [0.25, 0.3) is 10.9 Å². The van der Waals surface area contributed by atoms with E-state index in [1.165, 1.54) is 12.1 Å². The van der Waals surface area contributed by atoms with Crippen molar-refractivity contribution in [3.05, 3.63) is 71.4 Å². The SMILES string of the molecule is O=C(NCc1cccc(C(F)(F)F)c1)[C@@H](Cc1c[nH]c2ccccc12)N1CCS(=O)(=O)CC1. The standard InChI is InChI=1S/C23H24F3N3O3S/c24-23(25,26)18-5-3-4-16(12-18)14-28-22(30)21(29-8-10-33(31,32)11-9-29)13-17-15-27-20-7-2-1-6-19(17)20/h1-7,12,15,21,27H,8-11,13-14H2,(H,28,30)/t21-/m1/s1. The highest BCUT2D eigenvalue weighted by Gasteiger charge is 2.33. The average molecular weight is 480 g/mol. The molecule has 1 amide bonds. The highest BCUT2D eigenvalue weighted by Crippen LogP contribution is 2.29. The first-order valence-corrected chi connectivity index (χ1v) is 12.4. The van der Waals surface area contributed by atoms with Crippen LogP contribution in [0.15, 0.2) is 54.7 Å². The highest BCUT2D eigenvalue weighted by atomic mass is 32.2. The van der Waals surface area contributed by atoms with E-state index in [4.69, 9.17) is 0 Å². The van der Waals surface area contributed by atoms with Gasteiger partial charge in [0, 0.05) is 36.7 Å². The number of aromatic nitrogens is 1. The van der Waals surface area contributed by atoms with E-state index in [-0.39, 0.29) is 37.0 Å². The minimum atomic E-state index is -4.46. The van der Waals surface area contributed by atoms with Crippen LogP contribution < -0.4 is 5.32 Å². The Hall–Kier alpha value is -2.85. The van der Waals surface area contributed by atoms with Crippen LogP contribution >= 0.6 is 0 Å². The van der Waals surface area contributed by atoms with Crippen molar-refractivity contribution in [3.8, 4) is 0 Å². The Morgan fingerprint density at radius 1 is 1.09 bits per heavy atom. The Morgan fingerprint density at radius 2 is 1.82 bits per heavy atom. The first-order valence-electron chi connectivity index (χ1n) is 10.6. The number of nitrogens with zero attached hydrogens (tertiary/aromatic N) is 1. The number of nitrogens with one attached hydrogen (secondary N) is 2. The Morgan fingerprint density at radius 3 is 2.55 bits per heavy atom. The van der Waals surface area contributed by atoms with E-state index < -0.39 is 27.6 Å². The molecule has 1 saturated heterocycles. The average Bonchev–Trinajstić information content (AvgIpc) is 3.19. The van der Waals surface area contributed by atoms with Crippen LogP contribution in [0.1, 0.15) is 16.7 Å². The Balaban J connectivity index is 1.53. The third-order valence-corrected chi connectivity index (χ3v) is 7.54. The van der Waals surface area contributed by atoms with Gasteiger partial charge in [-0.25, -0.2) is 8.42 Å². The molecule has 0 unspecified atom stereocenters. The summed E-state index contributed by atoms with van der Waals surface area (Å²) in [7, 11) is -3.13. The van der Waals surface area contributed by atoms with Crippen molar-refractivity contribution in [2.45, 2.75) is 25.2 Å². The van der Waals surface area contributed by atoms with Crippen molar-refractivity contribution in [2.24, 2.45) is 0 Å². The number of carbonyl (C=O) groups is 1. The summed E-state index contributed by atoms with van der Waals surface area (Å²) >= 11 is 0. The molecular weight excluding hydrogens is 455 g/mol. The predicted molar refractivity (Wildman–Crippen MR) is 119 cm³/mol. The molecule has 3 aromatic rings. The molecule has 0 radical (unpaired) electrons. The summed E-state index contributed by atoms with van der Waals surface area (Å²) in [5.74, 6) is -0.409. The molecule has 1 aromatic heterocycles. The lowest BCUT2D eigenvalue weighted by atomic mass is 10.0. The van der Waals surface area contributed by atoms with Gasteiger partial charge in [0.2, 0.25) is 5.91 Å². The number of fused-ring (bicyclic) bond motifs is 1. The summed E-state index contributed by atoms with van der Waals surface area (Å²) in [5.41, 5.74) is 1.41. The van der Waals surface area contributed by atoms with Gasteiger partial charge in [-0.3, -0.25) is 9.69 Å². The number of H-pyrrole nitrogens is 1. The summed E-state index contributed by atoms with van der Waals surface area (Å²) < 4.78 is 62.7. The fourth-order valence-electron chi connectivity index (χ4n) is 4.10. The molecule has 176 valence electrons. The van der Waals surface area contributed by atoms with E-state index in [2.05, 4.69) is 10.3 Å². The van der Waals surface area contributed by atoms with Gasteiger partial charge in [0.25, 0.3) is 0 Å². The maximum Gasteiger partial charge on any atom is 0.416 e. The molecule has 2 heterocycles. The molecular formula is C23H24F3N3O3S. The van der Waals surface area contributed by atoms with E-state index in [0.29, 0.717) is 12.0 Å². The predicted octanol–water partition coefficient (Wildman–Crippen LogP) is 3.14. The first kappa shape index (κ1) is 23.3. The van der Waals surface area contributed by atoms with Crippen LogP contribution in [-0.4, -0.2) is 54.8 Å². The molecule has 0 aliphatic carbocycles. The van der Waals surface area contributed by atoms with Gasteiger partial charge < -0.3 is 10.3 Å². The Labute approximate surface area is 189 Å². The summed E-state index contributed by atoms with van der Waals surface area (Å²) in [6, 6.07) is 11.9. The molecule has 2 aromatic carbocycles. The first-order chi connectivity index (χ1) is 15.6. The zero-order valence-electron chi connectivity index (χ0n) is 17.7. The van der Waals surface area contributed by atoms with Gasteiger partial charge in [-0.05, 0) is 35.7 Å². The second kappa shape index (κ2) is 9.18. The second-order valence-electron chi connectivity index (χ2n) is 8.18. The molecule has 1 aliphatic heterocycles. The third-order valence-electron chi connectivity index (χ3n) is 5.93. The molecule has 33 heavy (non-hydrogen) atoms. The van der Waals surface area contributed by atoms with Gasteiger partial charge in [0.1, 0.15) is 0 Å². The summed E-state index contributed by atoms with van der Waals surface area (Å²) in [5, 5.41) is 3.72. The van der Waals surface area contributed by atoms with Crippen LogP contribution in [-0.2, 0) is 33.8 Å². The van der Waals surface area contributed by atoms with Gasteiger partial charge in [0.15, 0.2) is 9.84 Å². The number of alkyl halides is 3. The Bertz CT molecular complexity index is 1240. The fourth-order valence-corrected chi connectivity index (χ4v) is 5.33. The minimum Gasteiger partial charge on any atom is -0.361 e. The van der Waals surface area contributed by atoms with Crippen molar-refractivity contribution in [3.63, 3.8) is 0 Å². The number of hydrogen-bond acceptors (Lipinski definition) is 4. The molecule has 4 rings (SSSR count). The molecule has 1 atom stereocenters. The van der Waals surface area contributed by atoms with Crippen molar-refractivity contribution >= 4 is 26.6 Å². The number of halogens is 3. The molecule has 6 nitrogen and oxygen atoms in total. The molecule has 0 spiro atoms. The van der Waals surface area contributed by atoms with Crippen molar-refractivity contribution in [1.29, 1.82) is 0 Å². The number of carbonyl (C=O) groups excluding carboxylic acids is 1. The van der Waals surface area contributed by atoms with E-state index >= 15 is 0 Å². The van der Waals surface area contributed by atoms with Gasteiger partial charge in [-0.15, -0.1) is 0 Å². The maximum absolute atomic E-state index is 13.2. The molecule has 0 saturated carbocycles. The quantitative estimate of drug-likeness (QED) is 0.569. The lowest BCUT2D eigenvalue weighted by molar-refractivity contribution is -0.137. The van der Waals surface area contributed by atoms with Crippen LogP contribution in [0.5, 0.6) is 0 Å². The van der Waals surface area contributed by atoms with Crippen molar-refractivity contribution < 1.29 is 26.4 Å². The molecule has 1 aliphatic rings. The topological polar surface area (TPSA) is 82.3 Å². The number of sulfone groups is 1. The fraction of sp³-hybridized carbons (Fsp3) is 0.348. The zero-order chi connectivity index (χ0) is 23.6. The Kier molecular flexibility index (Phi) is 6.49. The second-order valence-corrected chi connectivity index (χ2v) is 10.5. The number of para-hydroxylation sites is 1. The van der Waals surface area contributed by atoms with Crippen LogP contribution in [0.2, 0.25) is 0 Å². The number of benzene rings is 2. The molecule has 2 N–H and O–H groups in total. The van der Waals surface area contributed by atoms with Gasteiger partial charge >= 0.3 is 6.18 Å². The van der Waals surface area contributed by atoms with Gasteiger partial charge in [-0.2, -0.15) is 13.2 Å². The number of amides is 1. The summed E-state index contributed by atoms with van der Waals surface area (Å²) in [4.78, 5) is 18.2. The van der Waals surface area contributed by atoms with Crippen molar-refractivity contribution in [2.75, 3.05) is 24.6 Å². The number of rotatable bonds is 6. The zero-order valence-corrected chi connectivity index (χ0v) is 18.5. The van der Waals surface area contributed by atoms with Gasteiger partial charge in [-0.1, -0.05) is 30.3 Å². The van der Waals surface area contributed by atoms with Crippen molar-refractivity contribution in [1.82, 2.24) is 15.2 Å². The third kappa shape index (κ3) is 5.56. The normalized spacial score (nSPS) is 17.7. The van der Waals surface area contributed by atoms with Crippen LogP contribution in [0.4, 0.5) is 13.2 Å². The molecule has 0 bridgehead atoms. The number of hydrogen-bond donors (Lipinski definition) is 2. The van der Waals surface area contributed by atoms with Gasteiger partial charge in [0.05, 0.1) is 23.1 Å². The summed E-state index contributed by atoms with van der Waals surface area (Å²) in [6.07, 6.45) is -2.28. The van der Waals surface area contributed by atoms with E-state index in [0.717, 1.165) is 28.6 Å². The lowest BCUT2D eigenvalue weighted by Gasteiger charge is -2.33. The maximum atomic E-state index is 13.2. The smallest absolute Gasteiger partial charge is 0.361 e. The van der Waals surface area contributed by atoms with Crippen LogP contribution in [0, 0.1) is 0 Å². The molecule has 1 fully saturated rings. The lowest BCUT2D eigenvalue weighted by Crippen LogP contribution is -2.53. The minimum absolute atomic E-state index is 0.0295. The highest BCUT2D eigenvalue weighted by molar-refractivity contribution is 7.91.